The Bertz CT molecular complexity index is 719. The Balaban J connectivity index is 1.88. The predicted molar refractivity (Wildman–Crippen MR) is 82.3 cm³/mol. The Kier molecular flexibility index (Phi) is 5.51. The van der Waals surface area contributed by atoms with E-state index in [1.807, 2.05) is 0 Å². The zero-order valence-electron chi connectivity index (χ0n) is 12.3. The summed E-state index contributed by atoms with van der Waals surface area (Å²) in [7, 11) is 1.43. The van der Waals surface area contributed by atoms with Gasteiger partial charge in [-0.2, -0.15) is 5.10 Å². The number of hydrogen-bond donors (Lipinski definition) is 2. The number of phenols is 1. The maximum Gasteiger partial charge on any atom is 0.277 e. The number of halogens is 1. The summed E-state index contributed by atoms with van der Waals surface area (Å²) >= 11 is 0. The molecule has 0 fully saturated rings. The zero-order chi connectivity index (χ0) is 16.7. The lowest BCUT2D eigenvalue weighted by Gasteiger charge is -2.06. The molecule has 7 heteroatoms. The molecule has 2 rings (SSSR count). The van der Waals surface area contributed by atoms with Crippen LogP contribution in [0, 0.1) is 5.82 Å². The highest BCUT2D eigenvalue weighted by molar-refractivity contribution is 5.86. The Morgan fingerprint density at radius 3 is 2.74 bits per heavy atom. The average Bonchev–Trinajstić information content (AvgIpc) is 2.55. The van der Waals surface area contributed by atoms with Crippen LogP contribution in [0.1, 0.15) is 5.56 Å². The van der Waals surface area contributed by atoms with E-state index in [0.717, 1.165) is 0 Å². The summed E-state index contributed by atoms with van der Waals surface area (Å²) in [4.78, 5) is 11.6. The lowest BCUT2D eigenvalue weighted by molar-refractivity contribution is -0.123. The molecule has 0 radical (unpaired) electrons. The number of aromatic hydroxyl groups is 1. The van der Waals surface area contributed by atoms with Gasteiger partial charge in [0.2, 0.25) is 0 Å². The van der Waals surface area contributed by atoms with Crippen LogP contribution < -0.4 is 14.9 Å². The van der Waals surface area contributed by atoms with Gasteiger partial charge < -0.3 is 14.6 Å². The summed E-state index contributed by atoms with van der Waals surface area (Å²) in [5.41, 5.74) is 2.59. The standard InChI is InChI=1S/C16H15FN2O4/c1-22-14-8-4-5-11(16(14)21)9-18-19-15(20)10-23-13-7-3-2-6-12(13)17/h2-9,21H,10H2,1H3,(H,19,20)/b18-9+. The molecule has 0 aliphatic rings. The number of benzene rings is 2. The lowest BCUT2D eigenvalue weighted by Crippen LogP contribution is -2.24. The van der Waals surface area contributed by atoms with Crippen molar-refractivity contribution in [2.75, 3.05) is 13.7 Å². The number of ether oxygens (including phenoxy) is 2. The Labute approximate surface area is 132 Å². The molecule has 0 saturated carbocycles. The van der Waals surface area contributed by atoms with Gasteiger partial charge >= 0.3 is 0 Å². The zero-order valence-corrected chi connectivity index (χ0v) is 12.3. The highest BCUT2D eigenvalue weighted by Gasteiger charge is 2.07. The SMILES string of the molecule is COc1cccc(/C=N/NC(=O)COc2ccccc2F)c1O. The van der Waals surface area contributed by atoms with Crippen molar-refractivity contribution in [2.45, 2.75) is 0 Å². The largest absolute Gasteiger partial charge is 0.504 e. The number of rotatable bonds is 6. The van der Waals surface area contributed by atoms with Gasteiger partial charge in [0.1, 0.15) is 0 Å². The minimum Gasteiger partial charge on any atom is -0.504 e. The predicted octanol–water partition coefficient (Wildman–Crippen LogP) is 2.07. The van der Waals surface area contributed by atoms with E-state index in [1.54, 1.807) is 24.3 Å². The fraction of sp³-hybridized carbons (Fsp3) is 0.125. The van der Waals surface area contributed by atoms with Crippen molar-refractivity contribution >= 4 is 12.1 Å². The highest BCUT2D eigenvalue weighted by atomic mass is 19.1. The highest BCUT2D eigenvalue weighted by Crippen LogP contribution is 2.27. The molecule has 0 aromatic heterocycles. The minimum absolute atomic E-state index is 0.0166. The van der Waals surface area contributed by atoms with E-state index in [9.17, 15) is 14.3 Å². The van der Waals surface area contributed by atoms with E-state index in [0.29, 0.717) is 11.3 Å². The maximum absolute atomic E-state index is 13.3. The van der Waals surface area contributed by atoms with E-state index >= 15 is 0 Å². The van der Waals surface area contributed by atoms with Gasteiger partial charge in [-0.1, -0.05) is 18.2 Å². The number of methoxy groups -OCH3 is 1. The van der Waals surface area contributed by atoms with Crippen molar-refractivity contribution in [3.05, 3.63) is 53.8 Å². The first-order chi connectivity index (χ1) is 11.1. The first-order valence-electron chi connectivity index (χ1n) is 6.67. The summed E-state index contributed by atoms with van der Waals surface area (Å²) < 4.78 is 23.3. The van der Waals surface area contributed by atoms with Gasteiger partial charge in [-0.15, -0.1) is 0 Å². The lowest BCUT2D eigenvalue weighted by atomic mass is 10.2. The number of hydrogen-bond acceptors (Lipinski definition) is 5. The number of hydrazone groups is 1. The fourth-order valence-electron chi connectivity index (χ4n) is 1.72. The number of phenolic OH excluding ortho intramolecular Hbond substituents is 1. The summed E-state index contributed by atoms with van der Waals surface area (Å²) in [6, 6.07) is 10.6. The average molecular weight is 318 g/mol. The Hall–Kier alpha value is -3.09. The third kappa shape index (κ3) is 4.44. The van der Waals surface area contributed by atoms with E-state index in [4.69, 9.17) is 9.47 Å². The second kappa shape index (κ2) is 7.79. The summed E-state index contributed by atoms with van der Waals surface area (Å²) in [5.74, 6) is -0.923. The van der Waals surface area contributed by atoms with Gasteiger partial charge in [0, 0.05) is 5.56 Å². The van der Waals surface area contributed by atoms with Gasteiger partial charge in [-0.25, -0.2) is 9.82 Å². The summed E-state index contributed by atoms with van der Waals surface area (Å²) in [5, 5.41) is 13.5. The number of carbonyl (C=O) groups excluding carboxylic acids is 1. The van der Waals surface area contributed by atoms with E-state index in [-0.39, 0.29) is 18.1 Å². The second-order valence-corrected chi connectivity index (χ2v) is 4.41. The molecule has 2 aromatic rings. The fourth-order valence-corrected chi connectivity index (χ4v) is 1.72. The molecule has 1 amide bonds. The molecule has 0 bridgehead atoms. The van der Waals surface area contributed by atoms with Gasteiger partial charge in [0.25, 0.3) is 5.91 Å². The summed E-state index contributed by atoms with van der Waals surface area (Å²) in [6.07, 6.45) is 1.26. The van der Waals surface area contributed by atoms with Crippen LogP contribution in [-0.4, -0.2) is 30.9 Å². The third-order valence-corrected chi connectivity index (χ3v) is 2.84. The van der Waals surface area contributed by atoms with Crippen molar-refractivity contribution in [3.63, 3.8) is 0 Å². The molecule has 23 heavy (non-hydrogen) atoms. The van der Waals surface area contributed by atoms with E-state index in [2.05, 4.69) is 10.5 Å². The minimum atomic E-state index is -0.563. The van der Waals surface area contributed by atoms with Crippen LogP contribution in [0.25, 0.3) is 0 Å². The quantitative estimate of drug-likeness (QED) is 0.631. The Morgan fingerprint density at radius 1 is 1.26 bits per heavy atom. The number of carbonyl (C=O) groups is 1. The third-order valence-electron chi connectivity index (χ3n) is 2.84. The van der Waals surface area contributed by atoms with Crippen molar-refractivity contribution < 1.29 is 23.8 Å². The topological polar surface area (TPSA) is 80.2 Å². The van der Waals surface area contributed by atoms with Crippen LogP contribution in [0.3, 0.4) is 0 Å². The molecule has 0 unspecified atom stereocenters. The molecule has 120 valence electrons. The molecule has 0 saturated heterocycles. The molecular formula is C16H15FN2O4. The molecule has 2 aromatic carbocycles. The van der Waals surface area contributed by atoms with Crippen molar-refractivity contribution in [3.8, 4) is 17.2 Å². The van der Waals surface area contributed by atoms with Crippen molar-refractivity contribution in [1.29, 1.82) is 0 Å². The van der Waals surface area contributed by atoms with E-state index < -0.39 is 11.7 Å². The molecular weight excluding hydrogens is 303 g/mol. The van der Waals surface area contributed by atoms with Crippen molar-refractivity contribution in [1.82, 2.24) is 5.43 Å². The maximum atomic E-state index is 13.3. The van der Waals surface area contributed by atoms with Crippen LogP contribution >= 0.6 is 0 Å². The van der Waals surface area contributed by atoms with Crippen LogP contribution in [0.5, 0.6) is 17.2 Å². The molecule has 2 N–H and O–H groups in total. The second-order valence-electron chi connectivity index (χ2n) is 4.41. The molecule has 0 spiro atoms. The smallest absolute Gasteiger partial charge is 0.277 e. The molecule has 0 aliphatic carbocycles. The van der Waals surface area contributed by atoms with Gasteiger partial charge in [0.15, 0.2) is 29.7 Å². The van der Waals surface area contributed by atoms with Gasteiger partial charge in [-0.05, 0) is 24.3 Å². The van der Waals surface area contributed by atoms with Crippen LogP contribution in [0.2, 0.25) is 0 Å². The summed E-state index contributed by atoms with van der Waals surface area (Å²) in [6.45, 7) is -0.387. The molecule has 0 atom stereocenters. The van der Waals surface area contributed by atoms with Gasteiger partial charge in [0.05, 0.1) is 13.3 Å². The Morgan fingerprint density at radius 2 is 2.00 bits per heavy atom. The molecule has 0 heterocycles. The molecule has 6 nitrogen and oxygen atoms in total. The normalized spacial score (nSPS) is 10.5. The first-order valence-corrected chi connectivity index (χ1v) is 6.67. The van der Waals surface area contributed by atoms with Crippen LogP contribution in [0.15, 0.2) is 47.6 Å². The number of para-hydroxylation sites is 2. The molecule has 0 aliphatic heterocycles. The monoisotopic (exact) mass is 318 g/mol. The van der Waals surface area contributed by atoms with E-state index in [1.165, 1.54) is 31.5 Å². The van der Waals surface area contributed by atoms with Crippen molar-refractivity contribution in [2.24, 2.45) is 5.10 Å². The number of nitrogens with one attached hydrogen (secondary N) is 1. The van der Waals surface area contributed by atoms with Crippen LogP contribution in [0.4, 0.5) is 4.39 Å². The number of nitrogens with zero attached hydrogens (tertiary/aromatic N) is 1. The van der Waals surface area contributed by atoms with Gasteiger partial charge in [-0.3, -0.25) is 4.79 Å². The first kappa shape index (κ1) is 16.3. The number of amides is 1. The van der Waals surface area contributed by atoms with Crippen LogP contribution in [-0.2, 0) is 4.79 Å².